The maximum absolute atomic E-state index is 14.3. The number of hydrogen-bond donors (Lipinski definition) is 2. The van der Waals surface area contributed by atoms with Gasteiger partial charge in [-0.15, -0.1) is 0 Å². The highest BCUT2D eigenvalue weighted by molar-refractivity contribution is 6.03. The Morgan fingerprint density at radius 1 is 1.19 bits per heavy atom. The zero-order chi connectivity index (χ0) is 22.3. The van der Waals surface area contributed by atoms with Gasteiger partial charge < -0.3 is 24.4 Å². The van der Waals surface area contributed by atoms with Crippen LogP contribution in [-0.4, -0.2) is 63.1 Å². The normalized spacial score (nSPS) is 16.8. The lowest BCUT2D eigenvalue weighted by atomic mass is 10.0. The van der Waals surface area contributed by atoms with Crippen molar-refractivity contribution >= 4 is 22.9 Å². The predicted molar refractivity (Wildman–Crippen MR) is 123 cm³/mol. The largest absolute Gasteiger partial charge is 0.494 e. The van der Waals surface area contributed by atoms with E-state index in [4.69, 9.17) is 14.2 Å². The van der Waals surface area contributed by atoms with Crippen molar-refractivity contribution in [1.82, 2.24) is 15.6 Å². The van der Waals surface area contributed by atoms with Crippen LogP contribution in [0.5, 0.6) is 11.5 Å². The molecule has 0 saturated carbocycles. The fraction of sp³-hybridized carbons (Fsp3) is 0.391. The number of halogens is 1. The molecule has 0 atom stereocenters. The maximum Gasteiger partial charge on any atom is 0.219 e. The maximum atomic E-state index is 14.3. The number of nitrogens with zero attached hydrogens (tertiary/aromatic N) is 3. The van der Waals surface area contributed by atoms with Gasteiger partial charge >= 0.3 is 0 Å². The van der Waals surface area contributed by atoms with Crippen molar-refractivity contribution < 1.29 is 18.6 Å². The third kappa shape index (κ3) is 4.94. The van der Waals surface area contributed by atoms with Crippen LogP contribution in [0.4, 0.5) is 4.39 Å². The SMILES string of the molecule is CCOc1ccc2ccc(OCC)c(/C=N/NC3=NC(N4CCOCC4)=C(F)CN3)c2c1. The highest BCUT2D eigenvalue weighted by atomic mass is 19.1. The summed E-state index contributed by atoms with van der Waals surface area (Å²) in [6.07, 6.45) is 1.69. The molecule has 8 nitrogen and oxygen atoms in total. The molecular formula is C23H28FN5O3. The second-order valence-electron chi connectivity index (χ2n) is 7.24. The summed E-state index contributed by atoms with van der Waals surface area (Å²) in [4.78, 5) is 6.27. The van der Waals surface area contributed by atoms with Crippen molar-refractivity contribution in [2.75, 3.05) is 46.1 Å². The van der Waals surface area contributed by atoms with E-state index in [-0.39, 0.29) is 12.4 Å². The number of ether oxygens (including phenoxy) is 3. The Kier molecular flexibility index (Phi) is 7.06. The van der Waals surface area contributed by atoms with Crippen molar-refractivity contribution in [3.8, 4) is 11.5 Å². The zero-order valence-electron chi connectivity index (χ0n) is 18.4. The fourth-order valence-corrected chi connectivity index (χ4v) is 3.66. The summed E-state index contributed by atoms with van der Waals surface area (Å²) in [7, 11) is 0. The first-order valence-electron chi connectivity index (χ1n) is 10.8. The van der Waals surface area contributed by atoms with Crippen LogP contribution in [0.1, 0.15) is 19.4 Å². The minimum absolute atomic E-state index is 0.0597. The first-order chi connectivity index (χ1) is 15.7. The molecule has 2 aliphatic heterocycles. The van der Waals surface area contributed by atoms with E-state index in [2.05, 4.69) is 20.8 Å². The van der Waals surface area contributed by atoms with Crippen molar-refractivity contribution in [1.29, 1.82) is 0 Å². The van der Waals surface area contributed by atoms with Gasteiger partial charge in [-0.3, -0.25) is 0 Å². The monoisotopic (exact) mass is 441 g/mol. The summed E-state index contributed by atoms with van der Waals surface area (Å²) >= 11 is 0. The van der Waals surface area contributed by atoms with Gasteiger partial charge in [0.15, 0.2) is 11.6 Å². The zero-order valence-corrected chi connectivity index (χ0v) is 18.4. The number of benzene rings is 2. The number of guanidine groups is 1. The fourth-order valence-electron chi connectivity index (χ4n) is 3.66. The number of morpholine rings is 1. The molecule has 2 aliphatic rings. The molecule has 32 heavy (non-hydrogen) atoms. The molecule has 2 aromatic rings. The lowest BCUT2D eigenvalue weighted by Crippen LogP contribution is -2.42. The molecule has 1 fully saturated rings. The molecule has 0 spiro atoms. The average molecular weight is 442 g/mol. The first-order valence-corrected chi connectivity index (χ1v) is 10.8. The second-order valence-corrected chi connectivity index (χ2v) is 7.24. The summed E-state index contributed by atoms with van der Waals surface area (Å²) in [5, 5.41) is 9.28. The lowest BCUT2D eigenvalue weighted by molar-refractivity contribution is 0.0514. The third-order valence-corrected chi connectivity index (χ3v) is 5.15. The van der Waals surface area contributed by atoms with Crippen LogP contribution >= 0.6 is 0 Å². The van der Waals surface area contributed by atoms with Gasteiger partial charge in [0.1, 0.15) is 11.5 Å². The standard InChI is InChI=1S/C23H28FN5O3/c1-3-31-17-7-5-16-6-8-21(32-4-2)19(18(16)13-17)14-26-28-23-25-15-20(24)22(27-23)29-9-11-30-12-10-29/h5-8,13-14H,3-4,9-12,15H2,1-2H3,(H2,25,27,28)/b26-14+. The van der Waals surface area contributed by atoms with Crippen LogP contribution < -0.4 is 20.2 Å². The van der Waals surface area contributed by atoms with Crippen molar-refractivity contribution in [2.45, 2.75) is 13.8 Å². The van der Waals surface area contributed by atoms with E-state index in [0.29, 0.717) is 51.3 Å². The Morgan fingerprint density at radius 2 is 1.97 bits per heavy atom. The van der Waals surface area contributed by atoms with Gasteiger partial charge in [-0.25, -0.2) is 9.82 Å². The van der Waals surface area contributed by atoms with E-state index in [1.165, 1.54) is 0 Å². The Bertz CT molecular complexity index is 1040. The van der Waals surface area contributed by atoms with E-state index in [1.807, 2.05) is 49.1 Å². The molecule has 2 aromatic carbocycles. The van der Waals surface area contributed by atoms with Gasteiger partial charge in [-0.05, 0) is 42.8 Å². The van der Waals surface area contributed by atoms with E-state index in [0.717, 1.165) is 27.8 Å². The molecule has 0 radical (unpaired) electrons. The van der Waals surface area contributed by atoms with Gasteiger partial charge in [0.05, 0.1) is 39.2 Å². The number of rotatable bonds is 7. The van der Waals surface area contributed by atoms with Crippen molar-refractivity contribution in [3.63, 3.8) is 0 Å². The molecule has 0 bridgehead atoms. The van der Waals surface area contributed by atoms with Gasteiger partial charge in [0.2, 0.25) is 5.96 Å². The molecule has 9 heteroatoms. The number of nitrogens with one attached hydrogen (secondary N) is 2. The second kappa shape index (κ2) is 10.3. The molecule has 0 aromatic heterocycles. The van der Waals surface area contributed by atoms with E-state index in [1.54, 1.807) is 6.21 Å². The molecule has 4 rings (SSSR count). The smallest absolute Gasteiger partial charge is 0.219 e. The molecule has 1 saturated heterocycles. The highest BCUT2D eigenvalue weighted by Crippen LogP contribution is 2.30. The van der Waals surface area contributed by atoms with Crippen LogP contribution in [0.15, 0.2) is 52.1 Å². The van der Waals surface area contributed by atoms with Crippen molar-refractivity contribution in [2.24, 2.45) is 10.1 Å². The van der Waals surface area contributed by atoms with Gasteiger partial charge in [-0.2, -0.15) is 10.1 Å². The molecule has 0 amide bonds. The molecular weight excluding hydrogens is 413 g/mol. The Labute approximate surface area is 186 Å². The van der Waals surface area contributed by atoms with Crippen LogP contribution in [0, 0.1) is 0 Å². The Hall–Kier alpha value is -3.33. The van der Waals surface area contributed by atoms with Crippen LogP contribution in [0.3, 0.4) is 0 Å². The van der Waals surface area contributed by atoms with E-state index >= 15 is 0 Å². The minimum Gasteiger partial charge on any atom is -0.494 e. The van der Waals surface area contributed by atoms with Gasteiger partial charge in [0, 0.05) is 18.7 Å². The third-order valence-electron chi connectivity index (χ3n) is 5.15. The average Bonchev–Trinajstić information content (AvgIpc) is 2.82. The molecule has 0 aliphatic carbocycles. The van der Waals surface area contributed by atoms with Crippen LogP contribution in [0.2, 0.25) is 0 Å². The number of hydrazone groups is 1. The summed E-state index contributed by atoms with van der Waals surface area (Å²) < 4.78 is 31.2. The summed E-state index contributed by atoms with van der Waals surface area (Å²) in [6, 6.07) is 9.87. The quantitative estimate of drug-likeness (QED) is 0.508. The minimum atomic E-state index is -0.294. The van der Waals surface area contributed by atoms with Crippen molar-refractivity contribution in [3.05, 3.63) is 47.5 Å². The summed E-state index contributed by atoms with van der Waals surface area (Å²) in [5.41, 5.74) is 3.72. The highest BCUT2D eigenvalue weighted by Gasteiger charge is 2.22. The molecule has 170 valence electrons. The summed E-state index contributed by atoms with van der Waals surface area (Å²) in [6.45, 7) is 7.41. The number of aliphatic imine (C=N–C) groups is 1. The topological polar surface area (TPSA) is 79.7 Å². The van der Waals surface area contributed by atoms with Gasteiger partial charge in [-0.1, -0.05) is 12.1 Å². The van der Waals surface area contributed by atoms with Gasteiger partial charge in [0.25, 0.3) is 0 Å². The molecule has 2 N–H and O–H groups in total. The Balaban J connectivity index is 1.58. The van der Waals surface area contributed by atoms with E-state index < -0.39 is 0 Å². The van der Waals surface area contributed by atoms with Crippen LogP contribution in [-0.2, 0) is 4.74 Å². The summed E-state index contributed by atoms with van der Waals surface area (Å²) in [5.74, 6) is 1.92. The molecule has 0 unspecified atom stereocenters. The number of hydrogen-bond acceptors (Lipinski definition) is 8. The van der Waals surface area contributed by atoms with E-state index in [9.17, 15) is 4.39 Å². The Morgan fingerprint density at radius 3 is 2.75 bits per heavy atom. The number of fused-ring (bicyclic) bond motifs is 1. The first kappa shape index (κ1) is 21.9. The van der Waals surface area contributed by atoms with Crippen LogP contribution in [0.25, 0.3) is 10.8 Å². The predicted octanol–water partition coefficient (Wildman–Crippen LogP) is 2.99. The lowest BCUT2D eigenvalue weighted by Gasteiger charge is -2.30. The molecule has 2 heterocycles.